The summed E-state index contributed by atoms with van der Waals surface area (Å²) in [6.45, 7) is 5.24. The van der Waals surface area contributed by atoms with Crippen molar-refractivity contribution < 1.29 is 0 Å². The average molecular weight is 236 g/mol. The highest BCUT2D eigenvalue weighted by atomic mass is 32.1. The molecule has 0 amide bonds. The van der Waals surface area contributed by atoms with Gasteiger partial charge in [-0.15, -0.1) is 11.3 Å². The molecule has 0 radical (unpaired) electrons. The van der Waals surface area contributed by atoms with Crippen LogP contribution in [0, 0.1) is 0 Å². The first kappa shape index (κ1) is 11.3. The van der Waals surface area contributed by atoms with Crippen molar-refractivity contribution in [1.29, 1.82) is 0 Å². The predicted octanol–water partition coefficient (Wildman–Crippen LogP) is 2.21. The molecular formula is C11H16N4S. The molecule has 0 saturated carbocycles. The minimum absolute atomic E-state index is 0.365. The normalized spacial score (nSPS) is 12.9. The third-order valence-electron chi connectivity index (χ3n) is 2.50. The number of nitrogens with one attached hydrogen (secondary N) is 1. The van der Waals surface area contributed by atoms with Gasteiger partial charge in [0.05, 0.1) is 18.2 Å². The Morgan fingerprint density at radius 1 is 1.50 bits per heavy atom. The fourth-order valence-corrected chi connectivity index (χ4v) is 2.57. The number of nitrogens with zero attached hydrogens (tertiary/aromatic N) is 3. The highest BCUT2D eigenvalue weighted by molar-refractivity contribution is 7.15. The van der Waals surface area contributed by atoms with Crippen LogP contribution in [0.15, 0.2) is 18.7 Å². The number of imidazole rings is 1. The monoisotopic (exact) mass is 236 g/mol. The Hall–Kier alpha value is -1.20. The standard InChI is InChI=1S/C11H16N4S/c1-4-13-8(2)10-6-14-11(16-10)9-5-12-7-15(9)3/h5-8,13H,4H2,1-3H3. The lowest BCUT2D eigenvalue weighted by Gasteiger charge is -2.08. The summed E-state index contributed by atoms with van der Waals surface area (Å²) in [6.07, 6.45) is 5.59. The van der Waals surface area contributed by atoms with E-state index >= 15 is 0 Å². The lowest BCUT2D eigenvalue weighted by molar-refractivity contribution is 0.606. The SMILES string of the molecule is CCNC(C)c1cnc(-c2cncn2C)s1. The Morgan fingerprint density at radius 2 is 2.31 bits per heavy atom. The van der Waals surface area contributed by atoms with Crippen molar-refractivity contribution in [2.24, 2.45) is 7.05 Å². The molecule has 0 aliphatic rings. The van der Waals surface area contributed by atoms with Gasteiger partial charge in [0.1, 0.15) is 5.01 Å². The van der Waals surface area contributed by atoms with Crippen LogP contribution in [0.2, 0.25) is 0 Å². The lowest BCUT2D eigenvalue weighted by atomic mass is 10.3. The van der Waals surface area contributed by atoms with E-state index in [4.69, 9.17) is 0 Å². The maximum atomic E-state index is 4.44. The molecule has 0 spiro atoms. The smallest absolute Gasteiger partial charge is 0.141 e. The summed E-state index contributed by atoms with van der Waals surface area (Å²) < 4.78 is 1.99. The summed E-state index contributed by atoms with van der Waals surface area (Å²) in [7, 11) is 1.98. The van der Waals surface area contributed by atoms with Gasteiger partial charge in [-0.3, -0.25) is 0 Å². The van der Waals surface area contributed by atoms with Gasteiger partial charge in [0.2, 0.25) is 0 Å². The molecule has 0 bridgehead atoms. The van der Waals surface area contributed by atoms with E-state index in [0.29, 0.717) is 6.04 Å². The molecule has 0 fully saturated rings. The zero-order valence-corrected chi connectivity index (χ0v) is 10.6. The molecule has 2 aromatic rings. The van der Waals surface area contributed by atoms with E-state index in [0.717, 1.165) is 17.2 Å². The van der Waals surface area contributed by atoms with Crippen LogP contribution in [-0.2, 0) is 7.05 Å². The number of hydrogen-bond acceptors (Lipinski definition) is 4. The number of aromatic nitrogens is 3. The first-order chi connectivity index (χ1) is 7.72. The second kappa shape index (κ2) is 4.76. The molecule has 2 rings (SSSR count). The van der Waals surface area contributed by atoms with Gasteiger partial charge in [0, 0.05) is 24.2 Å². The summed E-state index contributed by atoms with van der Waals surface area (Å²) in [5.74, 6) is 0. The summed E-state index contributed by atoms with van der Waals surface area (Å²) in [5.41, 5.74) is 1.07. The minimum atomic E-state index is 0.365. The first-order valence-corrected chi connectivity index (χ1v) is 6.19. The largest absolute Gasteiger partial charge is 0.332 e. The molecule has 16 heavy (non-hydrogen) atoms. The Balaban J connectivity index is 2.23. The van der Waals surface area contributed by atoms with Crippen LogP contribution in [0.1, 0.15) is 24.8 Å². The van der Waals surface area contributed by atoms with Crippen LogP contribution in [-0.4, -0.2) is 21.1 Å². The molecule has 86 valence electrons. The van der Waals surface area contributed by atoms with Crippen molar-refractivity contribution in [3.05, 3.63) is 23.6 Å². The molecule has 0 aromatic carbocycles. The van der Waals surface area contributed by atoms with E-state index in [-0.39, 0.29) is 0 Å². The summed E-state index contributed by atoms with van der Waals surface area (Å²) in [5, 5.41) is 4.41. The maximum absolute atomic E-state index is 4.44. The molecule has 1 N–H and O–H groups in total. The quantitative estimate of drug-likeness (QED) is 0.885. The topological polar surface area (TPSA) is 42.7 Å². The van der Waals surface area contributed by atoms with Crippen molar-refractivity contribution in [1.82, 2.24) is 19.9 Å². The number of rotatable bonds is 4. The Bertz CT molecular complexity index is 460. The number of aryl methyl sites for hydroxylation is 1. The predicted molar refractivity (Wildman–Crippen MR) is 66.4 cm³/mol. The van der Waals surface area contributed by atoms with E-state index in [2.05, 4.69) is 29.1 Å². The number of hydrogen-bond donors (Lipinski definition) is 1. The Morgan fingerprint density at radius 3 is 2.94 bits per heavy atom. The molecule has 0 aliphatic carbocycles. The van der Waals surface area contributed by atoms with Gasteiger partial charge in [-0.25, -0.2) is 9.97 Å². The molecule has 2 heterocycles. The van der Waals surface area contributed by atoms with Crippen LogP contribution in [0.3, 0.4) is 0 Å². The van der Waals surface area contributed by atoms with Crippen LogP contribution in [0.5, 0.6) is 0 Å². The molecule has 4 nitrogen and oxygen atoms in total. The van der Waals surface area contributed by atoms with Gasteiger partial charge in [0.25, 0.3) is 0 Å². The Kier molecular flexibility index (Phi) is 3.36. The molecule has 1 unspecified atom stereocenters. The van der Waals surface area contributed by atoms with Gasteiger partial charge in [-0.05, 0) is 13.5 Å². The lowest BCUT2D eigenvalue weighted by Crippen LogP contribution is -2.16. The molecular weight excluding hydrogens is 220 g/mol. The molecule has 2 aromatic heterocycles. The van der Waals surface area contributed by atoms with Gasteiger partial charge in [-0.1, -0.05) is 6.92 Å². The zero-order valence-electron chi connectivity index (χ0n) is 9.77. The highest BCUT2D eigenvalue weighted by Crippen LogP contribution is 2.27. The number of thiazole rings is 1. The van der Waals surface area contributed by atoms with Crippen molar-refractivity contribution in [2.75, 3.05) is 6.54 Å². The van der Waals surface area contributed by atoms with Crippen molar-refractivity contribution >= 4 is 11.3 Å². The minimum Gasteiger partial charge on any atom is -0.332 e. The average Bonchev–Trinajstić information content (AvgIpc) is 2.86. The van der Waals surface area contributed by atoms with Gasteiger partial charge < -0.3 is 9.88 Å². The van der Waals surface area contributed by atoms with Crippen molar-refractivity contribution in [3.8, 4) is 10.7 Å². The van der Waals surface area contributed by atoms with E-state index < -0.39 is 0 Å². The second-order valence-electron chi connectivity index (χ2n) is 3.74. The summed E-state index contributed by atoms with van der Waals surface area (Å²) >= 11 is 1.72. The summed E-state index contributed by atoms with van der Waals surface area (Å²) in [4.78, 5) is 9.81. The van der Waals surface area contributed by atoms with Crippen LogP contribution < -0.4 is 5.32 Å². The molecule has 1 atom stereocenters. The van der Waals surface area contributed by atoms with Crippen LogP contribution in [0.4, 0.5) is 0 Å². The molecule has 0 aliphatic heterocycles. The zero-order chi connectivity index (χ0) is 11.5. The van der Waals surface area contributed by atoms with Crippen LogP contribution >= 0.6 is 11.3 Å². The third kappa shape index (κ3) is 2.15. The highest BCUT2D eigenvalue weighted by Gasteiger charge is 2.11. The molecule has 5 heteroatoms. The van der Waals surface area contributed by atoms with Gasteiger partial charge in [-0.2, -0.15) is 0 Å². The van der Waals surface area contributed by atoms with E-state index in [1.54, 1.807) is 17.7 Å². The van der Waals surface area contributed by atoms with E-state index in [9.17, 15) is 0 Å². The fraction of sp³-hybridized carbons (Fsp3) is 0.455. The van der Waals surface area contributed by atoms with Gasteiger partial charge in [0.15, 0.2) is 0 Å². The van der Waals surface area contributed by atoms with Crippen molar-refractivity contribution in [3.63, 3.8) is 0 Å². The fourth-order valence-electron chi connectivity index (χ4n) is 1.58. The molecule has 0 saturated heterocycles. The van der Waals surface area contributed by atoms with Gasteiger partial charge >= 0.3 is 0 Å². The van der Waals surface area contributed by atoms with Crippen LogP contribution in [0.25, 0.3) is 10.7 Å². The Labute approximate surface area is 99.4 Å². The van der Waals surface area contributed by atoms with E-state index in [1.165, 1.54) is 4.88 Å². The van der Waals surface area contributed by atoms with Crippen molar-refractivity contribution in [2.45, 2.75) is 19.9 Å². The first-order valence-electron chi connectivity index (χ1n) is 5.38. The van der Waals surface area contributed by atoms with E-state index in [1.807, 2.05) is 24.0 Å². The summed E-state index contributed by atoms with van der Waals surface area (Å²) in [6, 6.07) is 0.365. The third-order valence-corrected chi connectivity index (χ3v) is 3.70. The second-order valence-corrected chi connectivity index (χ2v) is 4.80. The maximum Gasteiger partial charge on any atom is 0.141 e.